The summed E-state index contributed by atoms with van der Waals surface area (Å²) < 4.78 is 5.29. The Morgan fingerprint density at radius 3 is 2.81 bits per heavy atom. The fourth-order valence-corrected chi connectivity index (χ4v) is 1.97. The van der Waals surface area contributed by atoms with Gasteiger partial charge in [-0.2, -0.15) is 11.3 Å². The first-order valence-corrected chi connectivity index (χ1v) is 6.22. The predicted molar refractivity (Wildman–Crippen MR) is 66.8 cm³/mol. The third-order valence-electron chi connectivity index (χ3n) is 2.30. The van der Waals surface area contributed by atoms with Gasteiger partial charge in [0.25, 0.3) is 0 Å². The van der Waals surface area contributed by atoms with Crippen molar-refractivity contribution in [2.75, 3.05) is 5.32 Å². The molecule has 2 aromatic heterocycles. The van der Waals surface area contributed by atoms with Gasteiger partial charge in [-0.25, -0.2) is 0 Å². The fourth-order valence-electron chi connectivity index (χ4n) is 1.30. The molecule has 4 heteroatoms. The molecule has 0 fully saturated rings. The molecule has 86 valence electrons. The zero-order valence-electron chi connectivity index (χ0n) is 9.78. The topological polar surface area (TPSA) is 38.1 Å². The van der Waals surface area contributed by atoms with Crippen molar-refractivity contribution < 1.29 is 4.52 Å². The third-order valence-corrected chi connectivity index (χ3v) is 3.04. The molecule has 0 aliphatic rings. The molecule has 0 spiro atoms. The summed E-state index contributed by atoms with van der Waals surface area (Å²) in [7, 11) is 0. The van der Waals surface area contributed by atoms with Crippen molar-refractivity contribution in [3.63, 3.8) is 0 Å². The molecule has 0 bridgehead atoms. The molecule has 0 unspecified atom stereocenters. The second kappa shape index (κ2) is 4.29. The van der Waals surface area contributed by atoms with E-state index in [4.69, 9.17) is 4.52 Å². The van der Waals surface area contributed by atoms with Crippen LogP contribution in [0.1, 0.15) is 32.1 Å². The first kappa shape index (κ1) is 11.2. The minimum Gasteiger partial charge on any atom is -0.363 e. The first-order valence-electron chi connectivity index (χ1n) is 5.28. The van der Waals surface area contributed by atoms with Gasteiger partial charge in [0.1, 0.15) is 5.76 Å². The van der Waals surface area contributed by atoms with E-state index in [2.05, 4.69) is 48.1 Å². The summed E-state index contributed by atoms with van der Waals surface area (Å²) in [6.45, 7) is 7.11. The van der Waals surface area contributed by atoms with Gasteiger partial charge in [0, 0.05) is 18.0 Å². The van der Waals surface area contributed by atoms with Crippen LogP contribution >= 0.6 is 11.3 Å². The molecule has 0 atom stereocenters. The molecular formula is C12H16N2OS. The largest absolute Gasteiger partial charge is 0.363 e. The normalized spacial score (nSPS) is 11.7. The summed E-state index contributed by atoms with van der Waals surface area (Å²) in [5.41, 5.74) is 1.28. The monoisotopic (exact) mass is 236 g/mol. The van der Waals surface area contributed by atoms with Crippen molar-refractivity contribution >= 4 is 17.2 Å². The molecule has 16 heavy (non-hydrogen) atoms. The van der Waals surface area contributed by atoms with Crippen LogP contribution in [-0.4, -0.2) is 5.16 Å². The summed E-state index contributed by atoms with van der Waals surface area (Å²) in [6, 6.07) is 4.06. The number of anilines is 1. The summed E-state index contributed by atoms with van der Waals surface area (Å²) >= 11 is 1.70. The maximum absolute atomic E-state index is 5.29. The molecule has 2 aromatic rings. The number of aromatic nitrogens is 1. The Labute approximate surface area is 99.5 Å². The summed E-state index contributed by atoms with van der Waals surface area (Å²) in [4.78, 5) is 0. The van der Waals surface area contributed by atoms with Crippen LogP contribution in [0.3, 0.4) is 0 Å². The molecular weight excluding hydrogens is 220 g/mol. The quantitative estimate of drug-likeness (QED) is 0.884. The van der Waals surface area contributed by atoms with Gasteiger partial charge < -0.3 is 9.84 Å². The molecule has 0 aliphatic heterocycles. The number of nitrogens with one attached hydrogen (secondary N) is 1. The van der Waals surface area contributed by atoms with Gasteiger partial charge in [0.15, 0.2) is 5.82 Å². The molecule has 0 saturated heterocycles. The molecule has 3 nitrogen and oxygen atoms in total. The van der Waals surface area contributed by atoms with Crippen LogP contribution < -0.4 is 5.32 Å². The zero-order valence-corrected chi connectivity index (χ0v) is 10.6. The van der Waals surface area contributed by atoms with Crippen molar-refractivity contribution in [1.29, 1.82) is 0 Å². The molecule has 0 radical (unpaired) electrons. The fraction of sp³-hybridized carbons (Fsp3) is 0.417. The number of thiophene rings is 1. The van der Waals surface area contributed by atoms with Crippen LogP contribution in [-0.2, 0) is 12.0 Å². The Hall–Kier alpha value is -1.29. The first-order chi connectivity index (χ1) is 7.55. The summed E-state index contributed by atoms with van der Waals surface area (Å²) in [5.74, 6) is 1.71. The molecule has 2 rings (SSSR count). The second-order valence-electron chi connectivity index (χ2n) is 4.81. The highest BCUT2D eigenvalue weighted by molar-refractivity contribution is 7.07. The van der Waals surface area contributed by atoms with E-state index in [0.717, 1.165) is 18.1 Å². The summed E-state index contributed by atoms with van der Waals surface area (Å²) in [5, 5.41) is 11.4. The third kappa shape index (κ3) is 2.64. The Balaban J connectivity index is 1.98. The minimum absolute atomic E-state index is 0.00924. The molecule has 2 heterocycles. The van der Waals surface area contributed by atoms with Gasteiger partial charge in [-0.05, 0) is 22.4 Å². The van der Waals surface area contributed by atoms with Gasteiger partial charge >= 0.3 is 0 Å². The van der Waals surface area contributed by atoms with Crippen LogP contribution in [0.5, 0.6) is 0 Å². The Morgan fingerprint density at radius 2 is 2.25 bits per heavy atom. The molecule has 0 saturated carbocycles. The predicted octanol–water partition coefficient (Wildman–Crippen LogP) is 3.65. The van der Waals surface area contributed by atoms with Crippen molar-refractivity contribution in [3.05, 3.63) is 34.2 Å². The van der Waals surface area contributed by atoms with Crippen molar-refractivity contribution in [3.8, 4) is 0 Å². The summed E-state index contributed by atoms with van der Waals surface area (Å²) in [6.07, 6.45) is 0. The standard InChI is InChI=1S/C12H16N2OS/c1-12(2,3)10-6-11(14-15-10)13-7-9-4-5-16-8-9/h4-6,8H,7H2,1-3H3,(H,13,14). The van der Waals surface area contributed by atoms with Crippen molar-refractivity contribution in [1.82, 2.24) is 5.16 Å². The molecule has 1 N–H and O–H groups in total. The van der Waals surface area contributed by atoms with Gasteiger partial charge in [-0.1, -0.05) is 25.9 Å². The highest BCUT2D eigenvalue weighted by Crippen LogP contribution is 2.24. The Bertz CT molecular complexity index is 440. The van der Waals surface area contributed by atoms with Crippen LogP contribution in [0.15, 0.2) is 27.4 Å². The number of hydrogen-bond acceptors (Lipinski definition) is 4. The number of nitrogens with zero attached hydrogens (tertiary/aromatic N) is 1. The zero-order chi connectivity index (χ0) is 11.6. The van der Waals surface area contributed by atoms with E-state index in [1.54, 1.807) is 11.3 Å². The van der Waals surface area contributed by atoms with Gasteiger partial charge in [-0.15, -0.1) is 0 Å². The van der Waals surface area contributed by atoms with Crippen molar-refractivity contribution in [2.24, 2.45) is 0 Å². The van der Waals surface area contributed by atoms with Crippen LogP contribution in [0.25, 0.3) is 0 Å². The van der Waals surface area contributed by atoms with E-state index in [9.17, 15) is 0 Å². The van der Waals surface area contributed by atoms with Crippen LogP contribution in [0.4, 0.5) is 5.82 Å². The lowest BCUT2D eigenvalue weighted by Crippen LogP contribution is -2.09. The van der Waals surface area contributed by atoms with E-state index < -0.39 is 0 Å². The Kier molecular flexibility index (Phi) is 3.01. The average molecular weight is 236 g/mol. The SMILES string of the molecule is CC(C)(C)c1cc(NCc2ccsc2)no1. The molecule has 0 aliphatic carbocycles. The van der Waals surface area contributed by atoms with E-state index in [-0.39, 0.29) is 5.41 Å². The second-order valence-corrected chi connectivity index (χ2v) is 5.59. The average Bonchev–Trinajstić information content (AvgIpc) is 2.85. The lowest BCUT2D eigenvalue weighted by molar-refractivity contribution is 0.330. The van der Waals surface area contributed by atoms with E-state index >= 15 is 0 Å². The van der Waals surface area contributed by atoms with Gasteiger partial charge in [-0.3, -0.25) is 0 Å². The van der Waals surface area contributed by atoms with Gasteiger partial charge in [0.2, 0.25) is 0 Å². The smallest absolute Gasteiger partial charge is 0.169 e. The van der Waals surface area contributed by atoms with E-state index in [1.165, 1.54) is 5.56 Å². The highest BCUT2D eigenvalue weighted by Gasteiger charge is 2.19. The number of hydrogen-bond donors (Lipinski definition) is 1. The lowest BCUT2D eigenvalue weighted by atomic mass is 9.93. The maximum atomic E-state index is 5.29. The van der Waals surface area contributed by atoms with E-state index in [0.29, 0.717) is 0 Å². The molecule has 0 amide bonds. The lowest BCUT2D eigenvalue weighted by Gasteiger charge is -2.12. The number of rotatable bonds is 3. The molecule has 0 aromatic carbocycles. The van der Waals surface area contributed by atoms with Gasteiger partial charge in [0.05, 0.1) is 0 Å². The van der Waals surface area contributed by atoms with Crippen LogP contribution in [0.2, 0.25) is 0 Å². The van der Waals surface area contributed by atoms with E-state index in [1.807, 2.05) is 6.07 Å². The minimum atomic E-state index is 0.00924. The van der Waals surface area contributed by atoms with Crippen molar-refractivity contribution in [2.45, 2.75) is 32.7 Å². The highest BCUT2D eigenvalue weighted by atomic mass is 32.1. The van der Waals surface area contributed by atoms with Crippen LogP contribution in [0, 0.1) is 0 Å². The Morgan fingerprint density at radius 1 is 1.44 bits per heavy atom. The maximum Gasteiger partial charge on any atom is 0.169 e.